The maximum Gasteiger partial charge on any atom is 0.164 e. The predicted molar refractivity (Wildman–Crippen MR) is 232 cm³/mol. The molecule has 5 heteroatoms. The number of fused-ring (bicyclic) bond motifs is 9. The summed E-state index contributed by atoms with van der Waals surface area (Å²) in [6, 6.07) is 70.8. The molecule has 12 rings (SSSR count). The molecule has 10 aromatic rings. The lowest BCUT2D eigenvalue weighted by molar-refractivity contribution is 0.746. The van der Waals surface area contributed by atoms with Crippen LogP contribution in [0, 0.1) is 0 Å². The van der Waals surface area contributed by atoms with Crippen molar-refractivity contribution in [2.75, 3.05) is 0 Å². The largest absolute Gasteiger partial charge is 0.292 e. The lowest BCUT2D eigenvalue weighted by atomic mass is 9.65. The first-order valence-electron chi connectivity index (χ1n) is 19.6. The molecule has 58 heavy (non-hydrogen) atoms. The van der Waals surface area contributed by atoms with Crippen LogP contribution < -0.4 is 0 Å². The molecule has 1 spiro atoms. The third-order valence-corrected chi connectivity index (χ3v) is 11.9. The van der Waals surface area contributed by atoms with E-state index in [1.165, 1.54) is 38.9 Å². The SMILES string of the molecule is c1ccc(-c2ccc(-c3nc(-c4ccccc4)nc(-c4ccc5c(c4)C4(c6ccccc6-5)c5ccccc5-n5c(-c6ccccc6)nc6cccc4c65)n3)cc2)cc1. The van der Waals surface area contributed by atoms with Crippen LogP contribution in [0.1, 0.15) is 22.3 Å². The molecule has 0 amide bonds. The van der Waals surface area contributed by atoms with Gasteiger partial charge in [0.05, 0.1) is 22.1 Å². The fourth-order valence-electron chi connectivity index (χ4n) is 9.37. The Labute approximate surface area is 335 Å². The number of benzene rings is 8. The number of hydrogen-bond donors (Lipinski definition) is 0. The smallest absolute Gasteiger partial charge is 0.164 e. The number of hydrogen-bond acceptors (Lipinski definition) is 4. The fourth-order valence-corrected chi connectivity index (χ4v) is 9.37. The number of imidazole rings is 1. The summed E-state index contributed by atoms with van der Waals surface area (Å²) >= 11 is 0. The van der Waals surface area contributed by atoms with Gasteiger partial charge in [-0.3, -0.25) is 4.57 Å². The van der Waals surface area contributed by atoms with Gasteiger partial charge in [0.15, 0.2) is 17.5 Å². The molecule has 0 N–H and O–H groups in total. The lowest BCUT2D eigenvalue weighted by Gasteiger charge is -2.39. The monoisotopic (exact) mass is 739 g/mol. The normalized spacial score (nSPS) is 14.6. The van der Waals surface area contributed by atoms with E-state index in [0.717, 1.165) is 50.4 Å². The van der Waals surface area contributed by atoms with E-state index in [9.17, 15) is 0 Å². The first-order valence-corrected chi connectivity index (χ1v) is 19.6. The molecule has 0 bridgehead atoms. The standard InChI is InChI=1S/C53H33N5/c1-4-15-34(16-5-1)35-27-29-37(30-28-35)50-55-49(36-17-6-2-7-18-36)56-51(57-50)39-31-32-41-40-21-10-11-22-42(40)53(45(41)33-39)43-23-12-13-26-47(43)58-48-44(53)24-14-25-46(48)54-52(58)38-19-8-3-9-20-38/h1-33H. The maximum absolute atomic E-state index is 5.32. The Hall–Kier alpha value is -7.76. The number of aromatic nitrogens is 5. The van der Waals surface area contributed by atoms with E-state index in [1.54, 1.807) is 0 Å². The Kier molecular flexibility index (Phi) is 7.07. The van der Waals surface area contributed by atoms with Crippen LogP contribution in [0.2, 0.25) is 0 Å². The van der Waals surface area contributed by atoms with E-state index in [-0.39, 0.29) is 0 Å². The van der Waals surface area contributed by atoms with Gasteiger partial charge >= 0.3 is 0 Å². The zero-order valence-corrected chi connectivity index (χ0v) is 31.3. The van der Waals surface area contributed by atoms with Gasteiger partial charge in [0, 0.05) is 22.3 Å². The first kappa shape index (κ1) is 32.5. The minimum atomic E-state index is -0.618. The number of rotatable bonds is 5. The second-order valence-electron chi connectivity index (χ2n) is 15.0. The zero-order valence-electron chi connectivity index (χ0n) is 31.3. The van der Waals surface area contributed by atoms with E-state index >= 15 is 0 Å². The predicted octanol–water partition coefficient (Wildman–Crippen LogP) is 12.2. The van der Waals surface area contributed by atoms with Gasteiger partial charge in [-0.25, -0.2) is 19.9 Å². The highest BCUT2D eigenvalue weighted by Gasteiger charge is 2.51. The summed E-state index contributed by atoms with van der Waals surface area (Å²) in [5.74, 6) is 2.83. The molecule has 0 radical (unpaired) electrons. The van der Waals surface area contributed by atoms with Crippen molar-refractivity contribution in [1.29, 1.82) is 0 Å². The Morgan fingerprint density at radius 3 is 1.55 bits per heavy atom. The molecule has 5 nitrogen and oxygen atoms in total. The average molecular weight is 740 g/mol. The van der Waals surface area contributed by atoms with Gasteiger partial charge in [-0.15, -0.1) is 0 Å². The molecule has 1 aliphatic carbocycles. The molecule has 1 atom stereocenters. The van der Waals surface area contributed by atoms with Gasteiger partial charge in [0.2, 0.25) is 0 Å². The zero-order chi connectivity index (χ0) is 38.2. The molecule has 2 aliphatic rings. The first-order chi connectivity index (χ1) is 28.8. The Bertz CT molecular complexity index is 3210. The van der Waals surface area contributed by atoms with Crippen LogP contribution in [0.5, 0.6) is 0 Å². The second-order valence-corrected chi connectivity index (χ2v) is 15.0. The highest BCUT2D eigenvalue weighted by atomic mass is 15.1. The van der Waals surface area contributed by atoms with Crippen LogP contribution in [0.4, 0.5) is 0 Å². The molecule has 2 aromatic heterocycles. The summed E-state index contributed by atoms with van der Waals surface area (Å²) in [6.45, 7) is 0. The second kappa shape index (κ2) is 12.6. The summed E-state index contributed by atoms with van der Waals surface area (Å²) in [6.07, 6.45) is 0. The molecule has 0 saturated heterocycles. The van der Waals surface area contributed by atoms with Crippen molar-refractivity contribution in [2.45, 2.75) is 5.41 Å². The molecule has 1 aliphatic heterocycles. The molecule has 270 valence electrons. The third kappa shape index (κ3) is 4.71. The molecule has 8 aromatic carbocycles. The van der Waals surface area contributed by atoms with Crippen LogP contribution in [-0.4, -0.2) is 24.5 Å². The van der Waals surface area contributed by atoms with E-state index in [0.29, 0.717) is 17.5 Å². The van der Waals surface area contributed by atoms with Gasteiger partial charge in [0.1, 0.15) is 5.82 Å². The van der Waals surface area contributed by atoms with Crippen molar-refractivity contribution in [3.8, 4) is 73.5 Å². The summed E-state index contributed by atoms with van der Waals surface area (Å²) in [4.78, 5) is 20.8. The summed E-state index contributed by atoms with van der Waals surface area (Å²) in [5.41, 5.74) is 16.1. The quantitative estimate of drug-likeness (QED) is 0.176. The van der Waals surface area contributed by atoms with Gasteiger partial charge in [-0.2, -0.15) is 0 Å². The van der Waals surface area contributed by atoms with E-state index in [4.69, 9.17) is 19.9 Å². The molecular weight excluding hydrogens is 707 g/mol. The fraction of sp³-hybridized carbons (Fsp3) is 0.0189. The number of nitrogens with zero attached hydrogens (tertiary/aromatic N) is 5. The third-order valence-electron chi connectivity index (χ3n) is 11.9. The van der Waals surface area contributed by atoms with Crippen LogP contribution in [-0.2, 0) is 5.41 Å². The summed E-state index contributed by atoms with van der Waals surface area (Å²) in [7, 11) is 0. The van der Waals surface area contributed by atoms with Crippen molar-refractivity contribution in [3.05, 3.63) is 222 Å². The lowest BCUT2D eigenvalue weighted by Crippen LogP contribution is -2.33. The van der Waals surface area contributed by atoms with Gasteiger partial charge < -0.3 is 0 Å². The van der Waals surface area contributed by atoms with Gasteiger partial charge in [-0.05, 0) is 62.7 Å². The average Bonchev–Trinajstić information content (AvgIpc) is 3.84. The van der Waals surface area contributed by atoms with Crippen molar-refractivity contribution in [1.82, 2.24) is 24.5 Å². The van der Waals surface area contributed by atoms with Gasteiger partial charge in [-0.1, -0.05) is 182 Å². The van der Waals surface area contributed by atoms with Crippen LogP contribution in [0.15, 0.2) is 200 Å². The van der Waals surface area contributed by atoms with Crippen LogP contribution >= 0.6 is 0 Å². The Morgan fingerprint density at radius 2 is 0.828 bits per heavy atom. The highest BCUT2D eigenvalue weighted by molar-refractivity contribution is 5.97. The van der Waals surface area contributed by atoms with Crippen molar-refractivity contribution in [2.24, 2.45) is 0 Å². The van der Waals surface area contributed by atoms with Crippen molar-refractivity contribution < 1.29 is 0 Å². The van der Waals surface area contributed by atoms with Crippen molar-refractivity contribution in [3.63, 3.8) is 0 Å². The molecular formula is C53H33N5. The molecule has 0 fully saturated rings. The molecule has 0 saturated carbocycles. The maximum atomic E-state index is 5.32. The summed E-state index contributed by atoms with van der Waals surface area (Å²) < 4.78 is 2.37. The van der Waals surface area contributed by atoms with E-state index < -0.39 is 5.41 Å². The molecule has 3 heterocycles. The Morgan fingerprint density at radius 1 is 0.328 bits per heavy atom. The number of para-hydroxylation sites is 2. The topological polar surface area (TPSA) is 56.5 Å². The molecule has 1 unspecified atom stereocenters. The minimum absolute atomic E-state index is 0.618. The van der Waals surface area contributed by atoms with E-state index in [2.05, 4.69) is 180 Å². The highest BCUT2D eigenvalue weighted by Crippen LogP contribution is 2.61. The van der Waals surface area contributed by atoms with E-state index in [1.807, 2.05) is 24.3 Å². The van der Waals surface area contributed by atoms with Gasteiger partial charge in [0.25, 0.3) is 0 Å². The minimum Gasteiger partial charge on any atom is -0.292 e. The summed E-state index contributed by atoms with van der Waals surface area (Å²) in [5, 5.41) is 0. The van der Waals surface area contributed by atoms with Crippen LogP contribution in [0.25, 0.3) is 84.5 Å². The van der Waals surface area contributed by atoms with Crippen molar-refractivity contribution >= 4 is 11.0 Å². The van der Waals surface area contributed by atoms with Crippen LogP contribution in [0.3, 0.4) is 0 Å². The Balaban J connectivity index is 1.10.